The van der Waals surface area contributed by atoms with Crippen molar-refractivity contribution in [2.75, 3.05) is 26.2 Å². The number of aliphatic hydroxyl groups excluding tert-OH is 1. The van der Waals surface area contributed by atoms with Crippen molar-refractivity contribution in [3.63, 3.8) is 0 Å². The summed E-state index contributed by atoms with van der Waals surface area (Å²) >= 11 is 0. The van der Waals surface area contributed by atoms with Gasteiger partial charge in [0.1, 0.15) is 12.4 Å². The van der Waals surface area contributed by atoms with Crippen LogP contribution in [-0.4, -0.2) is 42.4 Å². The molecule has 0 aliphatic carbocycles. The van der Waals surface area contributed by atoms with Crippen LogP contribution in [0.2, 0.25) is 0 Å². The van der Waals surface area contributed by atoms with Crippen molar-refractivity contribution in [3.8, 4) is 5.75 Å². The summed E-state index contributed by atoms with van der Waals surface area (Å²) in [6.07, 6.45) is 1.88. The Morgan fingerprint density at radius 1 is 1.31 bits per heavy atom. The van der Waals surface area contributed by atoms with Crippen LogP contribution >= 0.6 is 0 Å². The summed E-state index contributed by atoms with van der Waals surface area (Å²) in [5.74, 6) is 0.917. The maximum Gasteiger partial charge on any atom is 0.119 e. The first-order valence-electron chi connectivity index (χ1n) is 5.93. The molecule has 0 aromatic heterocycles. The molecule has 0 radical (unpaired) electrons. The van der Waals surface area contributed by atoms with Crippen molar-refractivity contribution in [3.05, 3.63) is 30.3 Å². The van der Waals surface area contributed by atoms with E-state index in [0.717, 1.165) is 38.2 Å². The zero-order valence-electron chi connectivity index (χ0n) is 9.51. The first kappa shape index (κ1) is 11.4. The molecule has 1 N–H and O–H groups in total. The smallest absolute Gasteiger partial charge is 0.119 e. The van der Waals surface area contributed by atoms with Crippen molar-refractivity contribution >= 4 is 0 Å². The van der Waals surface area contributed by atoms with Crippen molar-refractivity contribution in [2.24, 2.45) is 0 Å². The van der Waals surface area contributed by atoms with Gasteiger partial charge in [-0.25, -0.2) is 0 Å². The molecule has 1 atom stereocenters. The van der Waals surface area contributed by atoms with E-state index in [1.165, 1.54) is 0 Å². The molecule has 0 saturated carbocycles. The number of nitrogens with zero attached hydrogens (tertiary/aromatic N) is 1. The van der Waals surface area contributed by atoms with Gasteiger partial charge in [-0.05, 0) is 31.5 Å². The highest BCUT2D eigenvalue weighted by Gasteiger charge is 2.16. The van der Waals surface area contributed by atoms with Crippen LogP contribution in [0.4, 0.5) is 0 Å². The zero-order chi connectivity index (χ0) is 11.2. The van der Waals surface area contributed by atoms with Crippen LogP contribution < -0.4 is 4.74 Å². The number of benzene rings is 1. The van der Waals surface area contributed by atoms with Gasteiger partial charge in [0.2, 0.25) is 0 Å². The monoisotopic (exact) mass is 221 g/mol. The number of rotatable bonds is 4. The summed E-state index contributed by atoms with van der Waals surface area (Å²) in [7, 11) is 0. The molecule has 1 saturated heterocycles. The summed E-state index contributed by atoms with van der Waals surface area (Å²) in [4.78, 5) is 2.26. The number of aliphatic hydroxyl groups is 1. The van der Waals surface area contributed by atoms with Crippen molar-refractivity contribution in [2.45, 2.75) is 18.9 Å². The SMILES string of the molecule is O[C@@H]1CCCN(CCOc2ccccc2)C1. The van der Waals surface area contributed by atoms with Gasteiger partial charge in [-0.2, -0.15) is 0 Å². The normalized spacial score (nSPS) is 21.9. The molecule has 3 heteroatoms. The lowest BCUT2D eigenvalue weighted by atomic mass is 10.1. The lowest BCUT2D eigenvalue weighted by molar-refractivity contribution is 0.0633. The van der Waals surface area contributed by atoms with Gasteiger partial charge in [0, 0.05) is 13.1 Å². The van der Waals surface area contributed by atoms with Gasteiger partial charge in [-0.15, -0.1) is 0 Å². The number of ether oxygens (including phenoxy) is 1. The number of piperidine rings is 1. The lowest BCUT2D eigenvalue weighted by Crippen LogP contribution is -2.40. The van der Waals surface area contributed by atoms with Crippen molar-refractivity contribution < 1.29 is 9.84 Å². The fourth-order valence-corrected chi connectivity index (χ4v) is 2.04. The summed E-state index contributed by atoms with van der Waals surface area (Å²) in [6, 6.07) is 9.85. The molecule has 0 amide bonds. The minimum atomic E-state index is -0.148. The lowest BCUT2D eigenvalue weighted by Gasteiger charge is -2.29. The Morgan fingerprint density at radius 3 is 2.88 bits per heavy atom. The number of likely N-dealkylation sites (tertiary alicyclic amines) is 1. The second-order valence-corrected chi connectivity index (χ2v) is 4.26. The van der Waals surface area contributed by atoms with Crippen LogP contribution in [0.5, 0.6) is 5.75 Å². The number of hydrogen-bond acceptors (Lipinski definition) is 3. The van der Waals surface area contributed by atoms with Crippen LogP contribution in [0.3, 0.4) is 0 Å². The molecule has 0 spiro atoms. The minimum Gasteiger partial charge on any atom is -0.492 e. The average molecular weight is 221 g/mol. The van der Waals surface area contributed by atoms with Gasteiger partial charge >= 0.3 is 0 Å². The van der Waals surface area contributed by atoms with E-state index in [9.17, 15) is 5.11 Å². The fraction of sp³-hybridized carbons (Fsp3) is 0.538. The standard InChI is InChI=1S/C13H19NO2/c15-12-5-4-8-14(11-12)9-10-16-13-6-2-1-3-7-13/h1-3,6-7,12,15H,4-5,8-11H2/t12-/m1/s1. The van der Waals surface area contributed by atoms with E-state index < -0.39 is 0 Å². The Balaban J connectivity index is 1.68. The quantitative estimate of drug-likeness (QED) is 0.836. The first-order valence-corrected chi connectivity index (χ1v) is 5.93. The van der Waals surface area contributed by atoms with Gasteiger partial charge in [0.15, 0.2) is 0 Å². The molecule has 1 aliphatic rings. The van der Waals surface area contributed by atoms with Crippen LogP contribution in [0.1, 0.15) is 12.8 Å². The number of β-amino-alcohol motifs (C(OH)–C–C–N with tert-alkyl or cyclic N) is 1. The maximum atomic E-state index is 9.51. The second kappa shape index (κ2) is 5.87. The Kier molecular flexibility index (Phi) is 4.19. The number of hydrogen-bond donors (Lipinski definition) is 1. The molecule has 1 aromatic rings. The van der Waals surface area contributed by atoms with Gasteiger partial charge in [0.05, 0.1) is 6.10 Å². The predicted molar refractivity (Wildman–Crippen MR) is 63.6 cm³/mol. The highest BCUT2D eigenvalue weighted by molar-refractivity contribution is 5.20. The van der Waals surface area contributed by atoms with E-state index in [-0.39, 0.29) is 6.10 Å². The summed E-state index contributed by atoms with van der Waals surface area (Å²) in [6.45, 7) is 3.45. The third kappa shape index (κ3) is 3.51. The van der Waals surface area contributed by atoms with E-state index in [0.29, 0.717) is 6.61 Å². The molecule has 3 nitrogen and oxygen atoms in total. The molecule has 1 fully saturated rings. The fourth-order valence-electron chi connectivity index (χ4n) is 2.04. The average Bonchev–Trinajstić information content (AvgIpc) is 2.30. The second-order valence-electron chi connectivity index (χ2n) is 4.26. The van der Waals surface area contributed by atoms with Crippen LogP contribution in [0.25, 0.3) is 0 Å². The van der Waals surface area contributed by atoms with E-state index in [4.69, 9.17) is 4.74 Å². The van der Waals surface area contributed by atoms with Crippen molar-refractivity contribution in [1.82, 2.24) is 4.90 Å². The first-order chi connectivity index (χ1) is 7.84. The topological polar surface area (TPSA) is 32.7 Å². The van der Waals surface area contributed by atoms with Gasteiger partial charge in [-0.1, -0.05) is 18.2 Å². The van der Waals surface area contributed by atoms with Crippen LogP contribution in [-0.2, 0) is 0 Å². The van der Waals surface area contributed by atoms with Gasteiger partial charge in [0.25, 0.3) is 0 Å². The van der Waals surface area contributed by atoms with E-state index in [1.54, 1.807) is 0 Å². The third-order valence-corrected chi connectivity index (χ3v) is 2.90. The van der Waals surface area contributed by atoms with E-state index in [2.05, 4.69) is 4.90 Å². The highest BCUT2D eigenvalue weighted by Crippen LogP contribution is 2.11. The van der Waals surface area contributed by atoms with Crippen LogP contribution in [0, 0.1) is 0 Å². The predicted octanol–water partition coefficient (Wildman–Crippen LogP) is 1.52. The summed E-state index contributed by atoms with van der Waals surface area (Å²) < 4.78 is 5.62. The van der Waals surface area contributed by atoms with Gasteiger partial charge < -0.3 is 9.84 Å². The molecule has 1 aliphatic heterocycles. The summed E-state index contributed by atoms with van der Waals surface area (Å²) in [5.41, 5.74) is 0. The van der Waals surface area contributed by atoms with Crippen molar-refractivity contribution in [1.29, 1.82) is 0 Å². The Bertz CT molecular complexity index is 302. The zero-order valence-corrected chi connectivity index (χ0v) is 9.51. The Labute approximate surface area is 96.6 Å². The molecule has 0 unspecified atom stereocenters. The summed E-state index contributed by atoms with van der Waals surface area (Å²) in [5, 5.41) is 9.51. The molecule has 0 bridgehead atoms. The minimum absolute atomic E-state index is 0.148. The molecule has 1 aromatic carbocycles. The molecule has 2 rings (SSSR count). The largest absolute Gasteiger partial charge is 0.492 e. The molecule has 1 heterocycles. The third-order valence-electron chi connectivity index (χ3n) is 2.90. The Hall–Kier alpha value is -1.06. The van der Waals surface area contributed by atoms with Crippen LogP contribution in [0.15, 0.2) is 30.3 Å². The molecule has 16 heavy (non-hydrogen) atoms. The van der Waals surface area contributed by atoms with E-state index >= 15 is 0 Å². The van der Waals surface area contributed by atoms with Gasteiger partial charge in [-0.3, -0.25) is 4.90 Å². The number of para-hydroxylation sites is 1. The highest BCUT2D eigenvalue weighted by atomic mass is 16.5. The molecule has 88 valence electrons. The Morgan fingerprint density at radius 2 is 2.12 bits per heavy atom. The van der Waals surface area contributed by atoms with E-state index in [1.807, 2.05) is 30.3 Å². The maximum absolute atomic E-state index is 9.51. The molecular weight excluding hydrogens is 202 g/mol. The molecular formula is C13H19NO2.